The Morgan fingerprint density at radius 2 is 2.00 bits per heavy atom. The lowest BCUT2D eigenvalue weighted by molar-refractivity contribution is 0.102. The first-order valence-electron chi connectivity index (χ1n) is 8.09. The standard InChI is InChI=1S/C19H14F2N4OS/c20-14-5-4-13(9-15(14)21)23-19(26)11-3-6-16-17(8-11)27-25-18(24-16)12-2-1-7-22-10-12/h1-10,18,24-25H,(H,23,26). The van der Waals surface area contributed by atoms with Gasteiger partial charge in [0.1, 0.15) is 6.17 Å². The SMILES string of the molecule is O=C(Nc1ccc(F)c(F)c1)c1ccc2c(c1)SNC(c1cccnc1)N2. The fourth-order valence-electron chi connectivity index (χ4n) is 2.65. The van der Waals surface area contributed by atoms with Crippen molar-refractivity contribution >= 4 is 29.2 Å². The Bertz CT molecular complexity index is 1000. The summed E-state index contributed by atoms with van der Waals surface area (Å²) in [5.74, 6) is -2.37. The summed E-state index contributed by atoms with van der Waals surface area (Å²) in [6, 6.07) is 12.3. The maximum Gasteiger partial charge on any atom is 0.255 e. The molecule has 2 heterocycles. The number of hydrogen-bond acceptors (Lipinski definition) is 5. The lowest BCUT2D eigenvalue weighted by Crippen LogP contribution is -2.27. The number of hydrogen-bond donors (Lipinski definition) is 3. The van der Waals surface area contributed by atoms with Gasteiger partial charge in [0.15, 0.2) is 11.6 Å². The molecule has 2 aromatic carbocycles. The first-order valence-corrected chi connectivity index (χ1v) is 8.91. The molecule has 8 heteroatoms. The zero-order chi connectivity index (χ0) is 18.8. The summed E-state index contributed by atoms with van der Waals surface area (Å²) in [6.45, 7) is 0. The van der Waals surface area contributed by atoms with E-state index in [0.717, 1.165) is 28.3 Å². The van der Waals surface area contributed by atoms with Gasteiger partial charge in [-0.3, -0.25) is 9.78 Å². The topological polar surface area (TPSA) is 66.0 Å². The molecule has 1 atom stereocenters. The Morgan fingerprint density at radius 1 is 1.11 bits per heavy atom. The van der Waals surface area contributed by atoms with Crippen molar-refractivity contribution in [2.75, 3.05) is 10.6 Å². The van der Waals surface area contributed by atoms with Crippen molar-refractivity contribution in [1.29, 1.82) is 0 Å². The molecular formula is C19H14F2N4OS. The minimum Gasteiger partial charge on any atom is -0.364 e. The number of pyridine rings is 1. The molecule has 1 aliphatic rings. The Morgan fingerprint density at radius 3 is 2.78 bits per heavy atom. The molecule has 1 aromatic heterocycles. The fraction of sp³-hybridized carbons (Fsp3) is 0.0526. The van der Waals surface area contributed by atoms with Gasteiger partial charge in [0.25, 0.3) is 5.91 Å². The summed E-state index contributed by atoms with van der Waals surface area (Å²) in [4.78, 5) is 17.4. The van der Waals surface area contributed by atoms with Crippen LogP contribution in [0, 0.1) is 11.6 Å². The molecule has 0 saturated carbocycles. The van der Waals surface area contributed by atoms with Crippen LogP contribution in [0.2, 0.25) is 0 Å². The van der Waals surface area contributed by atoms with Crippen LogP contribution in [0.1, 0.15) is 22.1 Å². The van der Waals surface area contributed by atoms with Crippen LogP contribution >= 0.6 is 11.9 Å². The molecule has 5 nitrogen and oxygen atoms in total. The number of anilines is 2. The van der Waals surface area contributed by atoms with Crippen molar-refractivity contribution in [3.63, 3.8) is 0 Å². The Hall–Kier alpha value is -2.97. The van der Waals surface area contributed by atoms with E-state index in [4.69, 9.17) is 0 Å². The highest BCUT2D eigenvalue weighted by atomic mass is 32.2. The second-order valence-corrected chi connectivity index (χ2v) is 6.76. The second-order valence-electron chi connectivity index (χ2n) is 5.88. The van der Waals surface area contributed by atoms with Gasteiger partial charge in [0.2, 0.25) is 0 Å². The average Bonchev–Trinajstić information content (AvgIpc) is 2.70. The average molecular weight is 384 g/mol. The van der Waals surface area contributed by atoms with Crippen LogP contribution in [-0.4, -0.2) is 10.9 Å². The minimum absolute atomic E-state index is 0.0990. The van der Waals surface area contributed by atoms with Crippen molar-refractivity contribution in [2.24, 2.45) is 0 Å². The molecule has 27 heavy (non-hydrogen) atoms. The van der Waals surface area contributed by atoms with Crippen molar-refractivity contribution in [2.45, 2.75) is 11.1 Å². The summed E-state index contributed by atoms with van der Waals surface area (Å²) in [5.41, 5.74) is 2.49. The third-order valence-corrected chi connectivity index (χ3v) is 4.94. The van der Waals surface area contributed by atoms with Crippen LogP contribution in [0.3, 0.4) is 0 Å². The number of nitrogens with one attached hydrogen (secondary N) is 3. The third kappa shape index (κ3) is 3.76. The van der Waals surface area contributed by atoms with E-state index in [1.54, 1.807) is 24.5 Å². The number of fused-ring (bicyclic) bond motifs is 1. The van der Waals surface area contributed by atoms with E-state index in [2.05, 4.69) is 20.3 Å². The monoisotopic (exact) mass is 384 g/mol. The van der Waals surface area contributed by atoms with E-state index in [1.165, 1.54) is 18.0 Å². The molecule has 0 aliphatic carbocycles. The van der Waals surface area contributed by atoms with Gasteiger partial charge in [0.05, 0.1) is 5.69 Å². The van der Waals surface area contributed by atoms with E-state index >= 15 is 0 Å². The number of aromatic nitrogens is 1. The van der Waals surface area contributed by atoms with E-state index in [0.29, 0.717) is 5.56 Å². The fourth-order valence-corrected chi connectivity index (χ4v) is 3.51. The zero-order valence-corrected chi connectivity index (χ0v) is 14.7. The molecule has 3 aromatic rings. The molecule has 0 bridgehead atoms. The van der Waals surface area contributed by atoms with Crippen LogP contribution < -0.4 is 15.4 Å². The molecule has 0 radical (unpaired) electrons. The van der Waals surface area contributed by atoms with Gasteiger partial charge in [-0.05, 0) is 48.3 Å². The number of carbonyl (C=O) groups is 1. The Labute approximate surface area is 158 Å². The second kappa shape index (κ2) is 7.34. The lowest BCUT2D eigenvalue weighted by Gasteiger charge is -2.27. The quantitative estimate of drug-likeness (QED) is 0.587. The van der Waals surface area contributed by atoms with E-state index < -0.39 is 17.5 Å². The molecule has 1 unspecified atom stereocenters. The zero-order valence-electron chi connectivity index (χ0n) is 13.9. The van der Waals surface area contributed by atoms with Gasteiger partial charge in [-0.1, -0.05) is 6.07 Å². The number of amides is 1. The van der Waals surface area contributed by atoms with Crippen LogP contribution in [0.15, 0.2) is 65.8 Å². The molecule has 1 aliphatic heterocycles. The summed E-state index contributed by atoms with van der Waals surface area (Å²) in [5, 5.41) is 5.91. The Kier molecular flexibility index (Phi) is 4.74. The maximum atomic E-state index is 13.3. The van der Waals surface area contributed by atoms with E-state index in [9.17, 15) is 13.6 Å². The van der Waals surface area contributed by atoms with Crippen molar-refractivity contribution < 1.29 is 13.6 Å². The minimum atomic E-state index is -1.01. The molecule has 0 fully saturated rings. The number of carbonyl (C=O) groups excluding carboxylic acids is 1. The smallest absolute Gasteiger partial charge is 0.255 e. The summed E-state index contributed by atoms with van der Waals surface area (Å²) in [6.07, 6.45) is 3.39. The van der Waals surface area contributed by atoms with Crippen LogP contribution in [-0.2, 0) is 0 Å². The van der Waals surface area contributed by atoms with Gasteiger partial charge >= 0.3 is 0 Å². The van der Waals surface area contributed by atoms with Crippen LogP contribution in [0.25, 0.3) is 0 Å². The van der Waals surface area contributed by atoms with Gasteiger partial charge in [-0.2, -0.15) is 0 Å². The predicted molar refractivity (Wildman–Crippen MR) is 100 cm³/mol. The van der Waals surface area contributed by atoms with Gasteiger partial charge in [0, 0.05) is 40.2 Å². The van der Waals surface area contributed by atoms with Crippen molar-refractivity contribution in [1.82, 2.24) is 9.71 Å². The summed E-state index contributed by atoms with van der Waals surface area (Å²) >= 11 is 1.40. The number of rotatable bonds is 3. The molecule has 0 saturated heterocycles. The van der Waals surface area contributed by atoms with Crippen LogP contribution in [0.4, 0.5) is 20.2 Å². The maximum absolute atomic E-state index is 13.3. The van der Waals surface area contributed by atoms with Crippen molar-refractivity contribution in [3.05, 3.63) is 83.7 Å². The first kappa shape index (κ1) is 17.4. The first-order chi connectivity index (χ1) is 13.1. The molecule has 4 rings (SSSR count). The van der Waals surface area contributed by atoms with Crippen molar-refractivity contribution in [3.8, 4) is 0 Å². The molecule has 1 amide bonds. The normalized spacial score (nSPS) is 15.6. The molecule has 3 N–H and O–H groups in total. The van der Waals surface area contributed by atoms with E-state index in [1.807, 2.05) is 18.2 Å². The molecule has 0 spiro atoms. The highest BCUT2D eigenvalue weighted by molar-refractivity contribution is 7.97. The molecule has 136 valence electrons. The lowest BCUT2D eigenvalue weighted by atomic mass is 10.1. The number of nitrogens with zero attached hydrogens (tertiary/aromatic N) is 1. The Balaban J connectivity index is 1.50. The van der Waals surface area contributed by atoms with Gasteiger partial charge < -0.3 is 10.6 Å². The van der Waals surface area contributed by atoms with Gasteiger partial charge in [-0.15, -0.1) is 0 Å². The number of benzene rings is 2. The predicted octanol–water partition coefficient (Wildman–Crippen LogP) is 4.33. The largest absolute Gasteiger partial charge is 0.364 e. The van der Waals surface area contributed by atoms with E-state index in [-0.39, 0.29) is 11.9 Å². The molecular weight excluding hydrogens is 370 g/mol. The van der Waals surface area contributed by atoms with Gasteiger partial charge in [-0.25, -0.2) is 13.5 Å². The highest BCUT2D eigenvalue weighted by Crippen LogP contribution is 2.35. The highest BCUT2D eigenvalue weighted by Gasteiger charge is 2.20. The third-order valence-electron chi connectivity index (χ3n) is 4.03. The summed E-state index contributed by atoms with van der Waals surface area (Å²) < 4.78 is 29.5. The summed E-state index contributed by atoms with van der Waals surface area (Å²) in [7, 11) is 0. The number of halogens is 2. The van der Waals surface area contributed by atoms with Crippen LogP contribution in [0.5, 0.6) is 0 Å².